The van der Waals surface area contributed by atoms with Gasteiger partial charge in [0.2, 0.25) is 0 Å². The number of thiophene rings is 1. The van der Waals surface area contributed by atoms with Crippen molar-refractivity contribution in [1.29, 1.82) is 0 Å². The smallest absolute Gasteiger partial charge is 0.341 e. The van der Waals surface area contributed by atoms with Crippen LogP contribution >= 0.6 is 11.3 Å². The summed E-state index contributed by atoms with van der Waals surface area (Å²) in [5, 5.41) is 1.04. The Balaban J connectivity index is 2.19. The van der Waals surface area contributed by atoms with Gasteiger partial charge in [-0.15, -0.1) is 11.3 Å². The van der Waals surface area contributed by atoms with Crippen LogP contribution in [0.4, 0.5) is 0 Å². The highest BCUT2D eigenvalue weighted by Gasteiger charge is 2.29. The molecule has 0 aromatic carbocycles. The molecule has 0 spiro atoms. The number of carbonyl (C=O) groups is 1. The van der Waals surface area contributed by atoms with Gasteiger partial charge in [0.25, 0.3) is 0 Å². The van der Waals surface area contributed by atoms with Crippen LogP contribution in [0.1, 0.15) is 52.5 Å². The van der Waals surface area contributed by atoms with Crippen LogP contribution in [0.15, 0.2) is 12.1 Å². The molecule has 0 unspecified atom stereocenters. The molecule has 0 saturated heterocycles. The molecule has 1 aliphatic carbocycles. The Bertz CT molecular complexity index is 691. The Morgan fingerprint density at radius 1 is 1.36 bits per heavy atom. The monoisotopic (exact) mass is 317 g/mol. The summed E-state index contributed by atoms with van der Waals surface area (Å²) in [6.45, 7) is 8.75. The van der Waals surface area contributed by atoms with Crippen molar-refractivity contribution >= 4 is 17.3 Å². The molecule has 0 N–H and O–H groups in total. The van der Waals surface area contributed by atoms with Gasteiger partial charge in [0.15, 0.2) is 0 Å². The molecule has 1 atom stereocenters. The lowest BCUT2D eigenvalue weighted by molar-refractivity contribution is 0.0525. The molecule has 3 nitrogen and oxygen atoms in total. The Hall–Kier alpha value is -1.55. The van der Waals surface area contributed by atoms with E-state index in [1.54, 1.807) is 11.3 Å². The SMILES string of the molecule is CCOC(=O)c1c(-n2c(C)ccc2C)sc2c1CC[C@H](C)C2. The first-order valence-electron chi connectivity index (χ1n) is 7.99. The van der Waals surface area contributed by atoms with Gasteiger partial charge < -0.3 is 9.30 Å². The Morgan fingerprint density at radius 3 is 2.68 bits per heavy atom. The molecule has 2 aromatic heterocycles. The fraction of sp³-hybridized carbons (Fsp3) is 0.500. The number of carbonyl (C=O) groups excluding carboxylic acids is 1. The van der Waals surface area contributed by atoms with Gasteiger partial charge in [-0.3, -0.25) is 0 Å². The van der Waals surface area contributed by atoms with E-state index in [2.05, 4.69) is 37.5 Å². The van der Waals surface area contributed by atoms with E-state index in [0.29, 0.717) is 12.5 Å². The third-order valence-corrected chi connectivity index (χ3v) is 5.69. The van der Waals surface area contributed by atoms with E-state index in [1.807, 2.05) is 6.92 Å². The fourth-order valence-electron chi connectivity index (χ4n) is 3.30. The lowest BCUT2D eigenvalue weighted by Crippen LogP contribution is -2.14. The number of ether oxygens (including phenoxy) is 1. The number of nitrogens with zero attached hydrogens (tertiary/aromatic N) is 1. The second kappa shape index (κ2) is 5.92. The van der Waals surface area contributed by atoms with Gasteiger partial charge in [0.1, 0.15) is 5.00 Å². The van der Waals surface area contributed by atoms with E-state index in [9.17, 15) is 4.79 Å². The molecular formula is C18H23NO2S. The van der Waals surface area contributed by atoms with Gasteiger partial charge in [-0.05, 0) is 63.6 Å². The summed E-state index contributed by atoms with van der Waals surface area (Å²) < 4.78 is 7.55. The Kier molecular flexibility index (Phi) is 4.13. The molecule has 0 bridgehead atoms. The highest BCUT2D eigenvalue weighted by atomic mass is 32.1. The number of hydrogen-bond donors (Lipinski definition) is 0. The molecule has 2 aromatic rings. The normalized spacial score (nSPS) is 17.4. The van der Waals surface area contributed by atoms with Gasteiger partial charge >= 0.3 is 5.97 Å². The first-order chi connectivity index (χ1) is 10.5. The fourth-order valence-corrected chi connectivity index (χ4v) is 4.91. The van der Waals surface area contributed by atoms with Crippen molar-refractivity contribution in [3.8, 4) is 5.00 Å². The number of fused-ring (bicyclic) bond motifs is 1. The molecule has 3 rings (SSSR count). The molecule has 4 heteroatoms. The van der Waals surface area contributed by atoms with Gasteiger partial charge in [-0.2, -0.15) is 0 Å². The lowest BCUT2D eigenvalue weighted by Gasteiger charge is -2.18. The zero-order valence-corrected chi connectivity index (χ0v) is 14.5. The largest absolute Gasteiger partial charge is 0.462 e. The molecule has 0 fully saturated rings. The minimum absolute atomic E-state index is 0.169. The van der Waals surface area contributed by atoms with Crippen LogP contribution in [0.5, 0.6) is 0 Å². The van der Waals surface area contributed by atoms with Gasteiger partial charge in [-0.25, -0.2) is 4.79 Å². The molecule has 0 saturated carbocycles. The van der Waals surface area contributed by atoms with Crippen molar-refractivity contribution in [1.82, 2.24) is 4.57 Å². The molecule has 118 valence electrons. The summed E-state index contributed by atoms with van der Waals surface area (Å²) in [5.41, 5.74) is 4.35. The summed E-state index contributed by atoms with van der Waals surface area (Å²) in [4.78, 5) is 13.9. The van der Waals surface area contributed by atoms with Gasteiger partial charge in [0.05, 0.1) is 12.2 Å². The van der Waals surface area contributed by atoms with Crippen LogP contribution in [0, 0.1) is 19.8 Å². The Morgan fingerprint density at radius 2 is 2.05 bits per heavy atom. The van der Waals surface area contributed by atoms with Crippen molar-refractivity contribution in [3.05, 3.63) is 39.5 Å². The van der Waals surface area contributed by atoms with Gasteiger partial charge in [0, 0.05) is 16.3 Å². The lowest BCUT2D eigenvalue weighted by atomic mass is 9.88. The van der Waals surface area contributed by atoms with E-state index >= 15 is 0 Å². The standard InChI is InChI=1S/C18H23NO2S/c1-5-21-18(20)16-14-9-6-11(2)10-15(14)22-17(16)19-12(3)7-8-13(19)4/h7-8,11H,5-6,9-10H2,1-4H3/t11-/m0/s1. The summed E-state index contributed by atoms with van der Waals surface area (Å²) in [6, 6.07) is 4.21. The molecule has 1 aliphatic rings. The predicted octanol–water partition coefficient (Wildman–Crippen LogP) is 4.46. The molecule has 0 radical (unpaired) electrons. The van der Waals surface area contributed by atoms with E-state index in [0.717, 1.165) is 41.2 Å². The van der Waals surface area contributed by atoms with Crippen LogP contribution < -0.4 is 0 Å². The summed E-state index contributed by atoms with van der Waals surface area (Å²) >= 11 is 1.77. The average Bonchev–Trinajstić information content (AvgIpc) is 2.98. The third-order valence-electron chi connectivity index (χ3n) is 4.45. The highest BCUT2D eigenvalue weighted by molar-refractivity contribution is 7.15. The molecule has 0 aliphatic heterocycles. The summed E-state index contributed by atoms with van der Waals surface area (Å²) in [6.07, 6.45) is 3.21. The highest BCUT2D eigenvalue weighted by Crippen LogP contribution is 2.39. The van der Waals surface area contributed by atoms with Crippen LogP contribution in [0.25, 0.3) is 5.00 Å². The molecular weight excluding hydrogens is 294 g/mol. The van der Waals surface area contributed by atoms with Crippen LogP contribution in [0.2, 0.25) is 0 Å². The zero-order chi connectivity index (χ0) is 15.9. The second-order valence-corrected chi connectivity index (χ2v) is 7.29. The minimum Gasteiger partial charge on any atom is -0.462 e. The topological polar surface area (TPSA) is 31.2 Å². The maximum absolute atomic E-state index is 12.6. The number of aryl methyl sites for hydroxylation is 2. The van der Waals surface area contributed by atoms with Crippen molar-refractivity contribution in [3.63, 3.8) is 0 Å². The van der Waals surface area contributed by atoms with Crippen LogP contribution in [0.3, 0.4) is 0 Å². The van der Waals surface area contributed by atoms with Crippen molar-refractivity contribution in [2.75, 3.05) is 6.61 Å². The summed E-state index contributed by atoms with van der Waals surface area (Å²) in [7, 11) is 0. The molecule has 0 amide bonds. The van der Waals surface area contributed by atoms with Gasteiger partial charge in [-0.1, -0.05) is 6.92 Å². The number of aromatic nitrogens is 1. The first kappa shape index (κ1) is 15.3. The average molecular weight is 317 g/mol. The quantitative estimate of drug-likeness (QED) is 0.783. The Labute approximate surface area is 135 Å². The number of hydrogen-bond acceptors (Lipinski definition) is 3. The molecule has 22 heavy (non-hydrogen) atoms. The second-order valence-electron chi connectivity index (χ2n) is 6.20. The van der Waals surface area contributed by atoms with Crippen LogP contribution in [-0.4, -0.2) is 17.1 Å². The maximum Gasteiger partial charge on any atom is 0.341 e. The van der Waals surface area contributed by atoms with E-state index in [4.69, 9.17) is 4.74 Å². The van der Waals surface area contributed by atoms with Crippen molar-refractivity contribution in [2.24, 2.45) is 5.92 Å². The third kappa shape index (κ3) is 2.50. The molecule has 2 heterocycles. The van der Waals surface area contributed by atoms with Crippen molar-refractivity contribution < 1.29 is 9.53 Å². The maximum atomic E-state index is 12.6. The minimum atomic E-state index is -0.169. The predicted molar refractivity (Wildman–Crippen MR) is 90.3 cm³/mol. The van der Waals surface area contributed by atoms with Crippen LogP contribution in [-0.2, 0) is 17.6 Å². The first-order valence-corrected chi connectivity index (χ1v) is 8.81. The van der Waals surface area contributed by atoms with Crippen molar-refractivity contribution in [2.45, 2.75) is 47.0 Å². The zero-order valence-electron chi connectivity index (χ0n) is 13.7. The van der Waals surface area contributed by atoms with E-state index in [1.165, 1.54) is 10.4 Å². The number of esters is 1. The number of rotatable bonds is 3. The van der Waals surface area contributed by atoms with E-state index in [-0.39, 0.29) is 5.97 Å². The summed E-state index contributed by atoms with van der Waals surface area (Å²) in [5.74, 6) is 0.526. The van der Waals surface area contributed by atoms with E-state index < -0.39 is 0 Å².